The molecule has 0 atom stereocenters. The Morgan fingerprint density at radius 2 is 1.68 bits per heavy atom. The number of likely N-dealkylation sites (tertiary alicyclic amines) is 2. The van der Waals surface area contributed by atoms with E-state index in [1.165, 1.54) is 77.8 Å². The maximum Gasteiger partial charge on any atom is 0.0628 e. The minimum atomic E-state index is 0.399. The van der Waals surface area contributed by atoms with Crippen molar-refractivity contribution in [1.82, 2.24) is 9.80 Å². The van der Waals surface area contributed by atoms with Gasteiger partial charge in [-0.1, -0.05) is 0 Å². The molecule has 1 aliphatic carbocycles. The molecule has 0 spiro atoms. The largest absolute Gasteiger partial charge is 0.303 e. The molecule has 0 amide bonds. The average Bonchev–Trinajstić information content (AvgIpc) is 2.97. The zero-order chi connectivity index (χ0) is 13.1. The quantitative estimate of drug-likeness (QED) is 0.761. The Kier molecular flexibility index (Phi) is 4.10. The molecule has 2 aliphatic heterocycles. The van der Waals surface area contributed by atoms with Gasteiger partial charge in [0, 0.05) is 19.5 Å². The van der Waals surface area contributed by atoms with Crippen LogP contribution in [-0.4, -0.2) is 49.1 Å². The molecule has 3 heteroatoms. The summed E-state index contributed by atoms with van der Waals surface area (Å²) in [6, 6.07) is 2.38. The molecule has 19 heavy (non-hydrogen) atoms. The molecule has 106 valence electrons. The van der Waals surface area contributed by atoms with Crippen LogP contribution in [0.3, 0.4) is 0 Å². The molecular weight excluding hydrogens is 234 g/mol. The van der Waals surface area contributed by atoms with Crippen LogP contribution >= 0.6 is 0 Å². The number of nitrogens with zero attached hydrogens (tertiary/aromatic N) is 3. The second kappa shape index (κ2) is 5.81. The Morgan fingerprint density at radius 1 is 1.00 bits per heavy atom. The van der Waals surface area contributed by atoms with Crippen LogP contribution in [0.2, 0.25) is 0 Å². The van der Waals surface area contributed by atoms with Crippen molar-refractivity contribution in [3.8, 4) is 6.07 Å². The second-order valence-electron chi connectivity index (χ2n) is 7.06. The summed E-state index contributed by atoms with van der Waals surface area (Å²) in [7, 11) is 0. The summed E-state index contributed by atoms with van der Waals surface area (Å²) < 4.78 is 0. The molecule has 3 aliphatic rings. The highest BCUT2D eigenvalue weighted by molar-refractivity contribution is 5.01. The molecule has 3 fully saturated rings. The van der Waals surface area contributed by atoms with E-state index in [1.54, 1.807) is 0 Å². The molecule has 0 aromatic heterocycles. The number of hydrogen-bond donors (Lipinski definition) is 0. The van der Waals surface area contributed by atoms with Crippen LogP contribution in [0.1, 0.15) is 44.9 Å². The first-order valence-corrected chi connectivity index (χ1v) is 8.11. The minimum absolute atomic E-state index is 0.399. The molecule has 0 aromatic rings. The molecule has 0 N–H and O–H groups in total. The molecule has 0 radical (unpaired) electrons. The molecule has 0 aromatic carbocycles. The predicted octanol–water partition coefficient (Wildman–Crippen LogP) is 2.49. The third-order valence-corrected chi connectivity index (χ3v) is 5.39. The maximum absolute atomic E-state index is 8.90. The maximum atomic E-state index is 8.90. The van der Waals surface area contributed by atoms with Gasteiger partial charge >= 0.3 is 0 Å². The molecular formula is C16H27N3. The smallest absolute Gasteiger partial charge is 0.0628 e. The molecule has 1 saturated carbocycles. The first-order valence-electron chi connectivity index (χ1n) is 8.11. The van der Waals surface area contributed by atoms with Gasteiger partial charge in [-0.2, -0.15) is 5.26 Å². The molecule has 0 bridgehead atoms. The highest BCUT2D eigenvalue weighted by Crippen LogP contribution is 2.49. The number of hydrogen-bond acceptors (Lipinski definition) is 3. The van der Waals surface area contributed by atoms with Crippen molar-refractivity contribution in [2.24, 2.45) is 11.3 Å². The van der Waals surface area contributed by atoms with Crippen molar-refractivity contribution >= 4 is 0 Å². The lowest BCUT2D eigenvalue weighted by Gasteiger charge is -2.35. The highest BCUT2D eigenvalue weighted by Gasteiger charge is 2.43. The van der Waals surface area contributed by atoms with Crippen LogP contribution in [0.25, 0.3) is 0 Å². The minimum Gasteiger partial charge on any atom is -0.303 e. The van der Waals surface area contributed by atoms with Crippen LogP contribution in [0, 0.1) is 22.7 Å². The van der Waals surface area contributed by atoms with Crippen molar-refractivity contribution in [3.63, 3.8) is 0 Å². The zero-order valence-electron chi connectivity index (χ0n) is 12.1. The average molecular weight is 261 g/mol. The second-order valence-corrected chi connectivity index (χ2v) is 7.06. The first-order chi connectivity index (χ1) is 9.30. The van der Waals surface area contributed by atoms with Crippen molar-refractivity contribution in [2.45, 2.75) is 44.9 Å². The van der Waals surface area contributed by atoms with Crippen LogP contribution in [-0.2, 0) is 0 Å². The lowest BCUT2D eigenvalue weighted by molar-refractivity contribution is 0.133. The lowest BCUT2D eigenvalue weighted by atomic mass is 9.94. The topological polar surface area (TPSA) is 30.3 Å². The summed E-state index contributed by atoms with van der Waals surface area (Å²) >= 11 is 0. The summed E-state index contributed by atoms with van der Waals surface area (Å²) in [6.07, 6.45) is 8.92. The summed E-state index contributed by atoms with van der Waals surface area (Å²) in [5.41, 5.74) is 0.399. The third-order valence-electron chi connectivity index (χ3n) is 5.39. The number of rotatable bonds is 5. The normalized spacial score (nSPS) is 28.4. The van der Waals surface area contributed by atoms with Crippen molar-refractivity contribution in [1.29, 1.82) is 5.26 Å². The Balaban J connectivity index is 1.38. The van der Waals surface area contributed by atoms with Crippen molar-refractivity contribution in [2.75, 3.05) is 39.3 Å². The van der Waals surface area contributed by atoms with E-state index in [2.05, 4.69) is 15.9 Å². The van der Waals surface area contributed by atoms with E-state index >= 15 is 0 Å². The van der Waals surface area contributed by atoms with Gasteiger partial charge in [0.05, 0.1) is 6.07 Å². The Labute approximate surface area is 117 Å². The molecule has 3 rings (SSSR count). The standard InChI is InChI=1S/C16H27N3/c17-8-7-16(5-6-16)14-19-11-3-15(4-12-19)13-18-9-1-2-10-18/h15H,1-7,9-14H2. The van der Waals surface area contributed by atoms with Gasteiger partial charge in [-0.05, 0) is 76.0 Å². The van der Waals surface area contributed by atoms with Crippen LogP contribution in [0.15, 0.2) is 0 Å². The third kappa shape index (κ3) is 3.49. The van der Waals surface area contributed by atoms with Gasteiger partial charge in [-0.3, -0.25) is 0 Å². The van der Waals surface area contributed by atoms with E-state index in [9.17, 15) is 0 Å². The van der Waals surface area contributed by atoms with Gasteiger partial charge in [0.1, 0.15) is 0 Å². The molecule has 2 saturated heterocycles. The summed E-state index contributed by atoms with van der Waals surface area (Å²) in [4.78, 5) is 5.29. The number of piperidine rings is 1. The van der Waals surface area contributed by atoms with Crippen molar-refractivity contribution < 1.29 is 0 Å². The lowest BCUT2D eigenvalue weighted by Crippen LogP contribution is -2.40. The summed E-state index contributed by atoms with van der Waals surface area (Å²) in [6.45, 7) is 7.75. The van der Waals surface area contributed by atoms with E-state index in [-0.39, 0.29) is 0 Å². The summed E-state index contributed by atoms with van der Waals surface area (Å²) in [5, 5.41) is 8.90. The Hall–Kier alpha value is -0.590. The van der Waals surface area contributed by atoms with Gasteiger partial charge < -0.3 is 9.80 Å². The van der Waals surface area contributed by atoms with E-state index in [1.807, 2.05) is 0 Å². The van der Waals surface area contributed by atoms with Gasteiger partial charge in [0.2, 0.25) is 0 Å². The van der Waals surface area contributed by atoms with Gasteiger partial charge in [0.25, 0.3) is 0 Å². The van der Waals surface area contributed by atoms with E-state index in [4.69, 9.17) is 5.26 Å². The van der Waals surface area contributed by atoms with Gasteiger partial charge in [-0.25, -0.2) is 0 Å². The first kappa shape index (κ1) is 13.4. The van der Waals surface area contributed by atoms with Crippen molar-refractivity contribution in [3.05, 3.63) is 0 Å². The molecule has 3 nitrogen and oxygen atoms in total. The molecule has 0 unspecified atom stereocenters. The van der Waals surface area contributed by atoms with Crippen LogP contribution < -0.4 is 0 Å². The van der Waals surface area contributed by atoms with E-state index in [0.29, 0.717) is 5.41 Å². The van der Waals surface area contributed by atoms with Crippen LogP contribution in [0.5, 0.6) is 0 Å². The van der Waals surface area contributed by atoms with E-state index < -0.39 is 0 Å². The van der Waals surface area contributed by atoms with Crippen LogP contribution in [0.4, 0.5) is 0 Å². The summed E-state index contributed by atoms with van der Waals surface area (Å²) in [5.74, 6) is 0.931. The highest BCUT2D eigenvalue weighted by atomic mass is 15.2. The SMILES string of the molecule is N#CCC1(CN2CCC(CN3CCCC3)CC2)CC1. The van der Waals surface area contributed by atoms with Gasteiger partial charge in [0.15, 0.2) is 0 Å². The Bertz CT molecular complexity index is 328. The fourth-order valence-corrected chi connectivity index (χ4v) is 3.87. The molecule has 2 heterocycles. The monoisotopic (exact) mass is 261 g/mol. The van der Waals surface area contributed by atoms with E-state index in [0.717, 1.165) is 12.3 Å². The fourth-order valence-electron chi connectivity index (χ4n) is 3.87. The fraction of sp³-hybridized carbons (Fsp3) is 0.938. The van der Waals surface area contributed by atoms with Gasteiger partial charge in [-0.15, -0.1) is 0 Å². The zero-order valence-corrected chi connectivity index (χ0v) is 12.1. The number of nitriles is 1. The predicted molar refractivity (Wildman–Crippen MR) is 76.7 cm³/mol. The Morgan fingerprint density at radius 3 is 2.26 bits per heavy atom.